The molecule has 0 fully saturated rings. The first-order valence-corrected chi connectivity index (χ1v) is 9.04. The number of halogens is 6. The molecular formula is C15H10Cl3F3N2O2S. The highest BCUT2D eigenvalue weighted by Crippen LogP contribution is 2.40. The summed E-state index contributed by atoms with van der Waals surface area (Å²) >= 11 is 19.1. The van der Waals surface area contributed by atoms with Crippen molar-refractivity contribution in [1.29, 1.82) is 0 Å². The number of hydrogen-bond acceptors (Lipinski definition) is 4. The average molecular weight is 446 g/mol. The van der Waals surface area contributed by atoms with Crippen LogP contribution in [-0.4, -0.2) is 21.8 Å². The maximum Gasteiger partial charge on any atom is 0.417 e. The molecule has 2 N–H and O–H groups in total. The summed E-state index contributed by atoms with van der Waals surface area (Å²) in [7, 11) is 0. The number of aliphatic carboxylic acids is 1. The van der Waals surface area contributed by atoms with E-state index in [1.165, 1.54) is 0 Å². The summed E-state index contributed by atoms with van der Waals surface area (Å²) in [6, 6.07) is 5.45. The first-order chi connectivity index (χ1) is 12.1. The molecule has 1 aromatic carbocycles. The Hall–Kier alpha value is -1.35. The largest absolute Gasteiger partial charge is 0.481 e. The minimum absolute atomic E-state index is 0.0569. The number of carbonyl (C=O) groups is 1. The van der Waals surface area contributed by atoms with Gasteiger partial charge in [-0.15, -0.1) is 11.8 Å². The van der Waals surface area contributed by atoms with Crippen LogP contribution in [0.4, 0.5) is 19.0 Å². The molecule has 2 rings (SSSR count). The van der Waals surface area contributed by atoms with Gasteiger partial charge in [0.1, 0.15) is 11.2 Å². The second-order valence-corrected chi connectivity index (χ2v) is 7.23. The number of hydrogen-bond donors (Lipinski definition) is 2. The van der Waals surface area contributed by atoms with Crippen molar-refractivity contribution >= 4 is 58.4 Å². The van der Waals surface area contributed by atoms with Crippen LogP contribution in [0.25, 0.3) is 0 Å². The van der Waals surface area contributed by atoms with Crippen molar-refractivity contribution in [2.75, 3.05) is 11.1 Å². The van der Waals surface area contributed by atoms with Crippen molar-refractivity contribution in [3.05, 3.63) is 56.7 Å². The molecule has 4 nitrogen and oxygen atoms in total. The Morgan fingerprint density at radius 2 is 1.85 bits per heavy atom. The molecule has 0 bridgehead atoms. The molecule has 0 unspecified atom stereocenters. The zero-order valence-corrected chi connectivity index (χ0v) is 15.7. The Morgan fingerprint density at radius 3 is 2.35 bits per heavy atom. The van der Waals surface area contributed by atoms with Crippen molar-refractivity contribution < 1.29 is 23.1 Å². The zero-order valence-electron chi connectivity index (χ0n) is 12.6. The van der Waals surface area contributed by atoms with Gasteiger partial charge >= 0.3 is 12.1 Å². The lowest BCUT2D eigenvalue weighted by Gasteiger charge is -2.22. The molecule has 140 valence electrons. The van der Waals surface area contributed by atoms with Crippen LogP contribution >= 0.6 is 46.6 Å². The number of nitrogens with one attached hydrogen (secondary N) is 1. The second-order valence-electron chi connectivity index (χ2n) is 4.92. The number of aromatic nitrogens is 1. The smallest absolute Gasteiger partial charge is 0.417 e. The summed E-state index contributed by atoms with van der Waals surface area (Å²) in [5, 5.41) is 11.2. The van der Waals surface area contributed by atoms with E-state index < -0.39 is 23.1 Å². The summed E-state index contributed by atoms with van der Waals surface area (Å²) in [6.45, 7) is 0. The Balaban J connectivity index is 2.37. The molecule has 0 saturated carbocycles. The molecule has 2 aromatic rings. The fourth-order valence-corrected chi connectivity index (χ4v) is 3.83. The highest BCUT2D eigenvalue weighted by molar-refractivity contribution is 8.00. The monoisotopic (exact) mass is 444 g/mol. The van der Waals surface area contributed by atoms with Gasteiger partial charge in [-0.3, -0.25) is 4.79 Å². The number of nitrogens with zero attached hydrogens (tertiary/aromatic N) is 1. The zero-order chi connectivity index (χ0) is 19.5. The molecule has 0 amide bonds. The molecule has 1 heterocycles. The van der Waals surface area contributed by atoms with Crippen molar-refractivity contribution in [2.24, 2.45) is 0 Å². The van der Waals surface area contributed by atoms with E-state index in [0.29, 0.717) is 11.8 Å². The van der Waals surface area contributed by atoms with Crippen LogP contribution in [-0.2, 0) is 11.0 Å². The van der Waals surface area contributed by atoms with Gasteiger partial charge in [-0.1, -0.05) is 40.9 Å². The third-order valence-electron chi connectivity index (χ3n) is 3.07. The predicted molar refractivity (Wildman–Crippen MR) is 97.2 cm³/mol. The van der Waals surface area contributed by atoms with Gasteiger partial charge in [0.2, 0.25) is 0 Å². The fraction of sp³-hybridized carbons (Fsp3) is 0.200. The first kappa shape index (κ1) is 21.0. The van der Waals surface area contributed by atoms with Crippen molar-refractivity contribution in [2.45, 2.75) is 11.6 Å². The molecule has 0 aliphatic heterocycles. The molecule has 11 heteroatoms. The fourth-order valence-electron chi connectivity index (χ4n) is 1.94. The van der Waals surface area contributed by atoms with Crippen LogP contribution in [0.3, 0.4) is 0 Å². The maximum absolute atomic E-state index is 12.7. The number of alkyl halides is 3. The van der Waals surface area contributed by atoms with Crippen LogP contribution in [0.2, 0.25) is 15.1 Å². The number of anilines is 1. The van der Waals surface area contributed by atoms with Gasteiger partial charge < -0.3 is 10.4 Å². The van der Waals surface area contributed by atoms with Crippen molar-refractivity contribution in [3.8, 4) is 0 Å². The summed E-state index contributed by atoms with van der Waals surface area (Å²) in [5.74, 6) is -1.45. The van der Waals surface area contributed by atoms with Gasteiger partial charge in [0.15, 0.2) is 0 Å². The number of thioether (sulfide) groups is 1. The summed E-state index contributed by atoms with van der Waals surface area (Å²) in [6.07, 6.45) is -3.96. The number of pyridine rings is 1. The van der Waals surface area contributed by atoms with Crippen LogP contribution < -0.4 is 5.32 Å². The predicted octanol–water partition coefficient (Wildman–Crippen LogP) is 5.99. The first-order valence-electron chi connectivity index (χ1n) is 6.86. The van der Waals surface area contributed by atoms with Crippen molar-refractivity contribution in [3.63, 3.8) is 0 Å². The molecular weight excluding hydrogens is 436 g/mol. The Bertz CT molecular complexity index is 801. The van der Waals surface area contributed by atoms with E-state index in [2.05, 4.69) is 10.3 Å². The molecule has 26 heavy (non-hydrogen) atoms. The minimum atomic E-state index is -4.58. The molecule has 1 aromatic heterocycles. The summed E-state index contributed by atoms with van der Waals surface area (Å²) < 4.78 is 38.2. The van der Waals surface area contributed by atoms with Crippen LogP contribution in [0.15, 0.2) is 30.5 Å². The SMILES string of the molecule is O=C(O)CS[C@H](Nc1ncc(C(F)(F)F)cc1Cl)c1c(Cl)cccc1Cl. The van der Waals surface area contributed by atoms with E-state index in [0.717, 1.165) is 17.8 Å². The topological polar surface area (TPSA) is 62.2 Å². The van der Waals surface area contributed by atoms with Gasteiger partial charge in [-0.2, -0.15) is 13.2 Å². The van der Waals surface area contributed by atoms with Crippen molar-refractivity contribution in [1.82, 2.24) is 4.98 Å². The minimum Gasteiger partial charge on any atom is -0.481 e. The van der Waals surface area contributed by atoms with Crippen LogP contribution in [0, 0.1) is 0 Å². The third kappa shape index (κ3) is 5.33. The molecule has 0 radical (unpaired) electrons. The number of carboxylic acids is 1. The average Bonchev–Trinajstić information content (AvgIpc) is 2.52. The molecule has 0 saturated heterocycles. The number of carboxylic acid groups (broad SMARTS) is 1. The van der Waals surface area contributed by atoms with E-state index in [1.54, 1.807) is 18.2 Å². The van der Waals surface area contributed by atoms with Gasteiger partial charge in [-0.05, 0) is 18.2 Å². The van der Waals surface area contributed by atoms with E-state index in [4.69, 9.17) is 39.9 Å². The quantitative estimate of drug-likeness (QED) is 0.535. The molecule has 0 spiro atoms. The van der Waals surface area contributed by atoms with Gasteiger partial charge in [0.25, 0.3) is 0 Å². The molecule has 1 atom stereocenters. The van der Waals surface area contributed by atoms with E-state index in [1.807, 2.05) is 0 Å². The van der Waals surface area contributed by atoms with Crippen LogP contribution in [0.1, 0.15) is 16.5 Å². The summed E-state index contributed by atoms with van der Waals surface area (Å²) in [5.41, 5.74) is -0.626. The Kier molecular flexibility index (Phi) is 6.90. The standard InChI is InChI=1S/C15H10Cl3F3N2O2S/c16-8-2-1-3-9(17)12(8)14(26-6-11(24)25)23-13-10(18)4-7(5-22-13)15(19,20)21/h1-5,14H,6H2,(H,22,23)(H,24,25)/t14-/m0/s1. The highest BCUT2D eigenvalue weighted by Gasteiger charge is 2.32. The maximum atomic E-state index is 12.7. The van der Waals surface area contributed by atoms with Gasteiger partial charge in [0.05, 0.1) is 16.3 Å². The normalized spacial score (nSPS) is 12.7. The second kappa shape index (κ2) is 8.56. The van der Waals surface area contributed by atoms with E-state index >= 15 is 0 Å². The summed E-state index contributed by atoms with van der Waals surface area (Å²) in [4.78, 5) is 14.6. The lowest BCUT2D eigenvalue weighted by atomic mass is 10.2. The third-order valence-corrected chi connectivity index (χ3v) is 5.12. The Labute approximate surface area is 165 Å². The van der Waals surface area contributed by atoms with E-state index in [9.17, 15) is 18.0 Å². The lowest BCUT2D eigenvalue weighted by molar-refractivity contribution is -0.138. The molecule has 0 aliphatic carbocycles. The van der Waals surface area contributed by atoms with Crippen LogP contribution in [0.5, 0.6) is 0 Å². The highest BCUT2D eigenvalue weighted by atomic mass is 35.5. The number of rotatable bonds is 6. The van der Waals surface area contributed by atoms with E-state index in [-0.39, 0.29) is 26.6 Å². The van der Waals surface area contributed by atoms with Gasteiger partial charge in [-0.25, -0.2) is 4.98 Å². The molecule has 0 aliphatic rings. The number of benzene rings is 1. The Morgan fingerprint density at radius 1 is 1.23 bits per heavy atom. The van der Waals surface area contributed by atoms with Gasteiger partial charge in [0, 0.05) is 21.8 Å². The lowest BCUT2D eigenvalue weighted by Crippen LogP contribution is -2.14.